The molecule has 0 radical (unpaired) electrons. The summed E-state index contributed by atoms with van der Waals surface area (Å²) >= 11 is 0. The van der Waals surface area contributed by atoms with E-state index in [9.17, 15) is 18.0 Å². The number of anilines is 1. The van der Waals surface area contributed by atoms with Crippen molar-refractivity contribution in [3.63, 3.8) is 0 Å². The first-order chi connectivity index (χ1) is 15.8. The predicted molar refractivity (Wildman–Crippen MR) is 128 cm³/mol. The lowest BCUT2D eigenvalue weighted by molar-refractivity contribution is -0.121. The Morgan fingerprint density at radius 1 is 1.03 bits per heavy atom. The molecule has 174 valence electrons. The van der Waals surface area contributed by atoms with E-state index in [0.717, 1.165) is 16.5 Å². The van der Waals surface area contributed by atoms with Crippen LogP contribution in [-0.2, 0) is 21.2 Å². The molecule has 1 aromatic heterocycles. The minimum atomic E-state index is -3.42. The molecule has 1 aliphatic heterocycles. The maximum Gasteiger partial charge on any atom is 0.321 e. The highest BCUT2D eigenvalue weighted by atomic mass is 32.2. The van der Waals surface area contributed by atoms with Gasteiger partial charge >= 0.3 is 6.03 Å². The number of fused-ring (bicyclic) bond motifs is 1. The van der Waals surface area contributed by atoms with Crippen LogP contribution in [0.4, 0.5) is 10.5 Å². The molecule has 8 nitrogen and oxygen atoms in total. The van der Waals surface area contributed by atoms with E-state index in [1.54, 1.807) is 36.2 Å². The van der Waals surface area contributed by atoms with E-state index >= 15 is 0 Å². The van der Waals surface area contributed by atoms with Crippen LogP contribution in [-0.4, -0.2) is 55.2 Å². The van der Waals surface area contributed by atoms with E-state index in [-0.39, 0.29) is 18.5 Å². The zero-order valence-corrected chi connectivity index (χ0v) is 19.6. The van der Waals surface area contributed by atoms with E-state index in [1.807, 2.05) is 42.0 Å². The van der Waals surface area contributed by atoms with Gasteiger partial charge in [-0.25, -0.2) is 13.2 Å². The molecule has 1 fully saturated rings. The van der Waals surface area contributed by atoms with Crippen LogP contribution in [0, 0.1) is 6.92 Å². The lowest BCUT2D eigenvalue weighted by Crippen LogP contribution is -2.44. The van der Waals surface area contributed by atoms with Gasteiger partial charge in [0.25, 0.3) is 0 Å². The molecule has 0 atom stereocenters. The van der Waals surface area contributed by atoms with Crippen LogP contribution in [0.15, 0.2) is 59.6 Å². The molecule has 3 amide bonds. The monoisotopic (exact) mass is 468 g/mol. The van der Waals surface area contributed by atoms with Crippen molar-refractivity contribution in [1.29, 1.82) is 0 Å². The molecule has 0 saturated carbocycles. The van der Waals surface area contributed by atoms with Crippen molar-refractivity contribution in [2.45, 2.75) is 36.5 Å². The first-order valence-electron chi connectivity index (χ1n) is 10.9. The second-order valence-electron chi connectivity index (χ2n) is 8.37. The molecule has 2 N–H and O–H groups in total. The summed E-state index contributed by atoms with van der Waals surface area (Å²) in [5.74, 6) is -0.106. The third kappa shape index (κ3) is 4.88. The summed E-state index contributed by atoms with van der Waals surface area (Å²) in [7, 11) is -1.82. The molecule has 1 saturated heterocycles. The molecule has 2 aromatic carbocycles. The van der Waals surface area contributed by atoms with Gasteiger partial charge in [-0.2, -0.15) is 0 Å². The molecule has 3 aromatic rings. The number of piperidine rings is 1. The number of likely N-dealkylation sites (N-methyl/N-ethyl adjacent to an activating group) is 1. The van der Waals surface area contributed by atoms with Crippen LogP contribution in [0.1, 0.15) is 18.4 Å². The number of nitrogens with one attached hydrogen (secondary N) is 2. The van der Waals surface area contributed by atoms with Crippen molar-refractivity contribution in [3.8, 4) is 0 Å². The van der Waals surface area contributed by atoms with Gasteiger partial charge in [0.15, 0.2) is 9.84 Å². The summed E-state index contributed by atoms with van der Waals surface area (Å²) in [6, 6.07) is 14.1. The van der Waals surface area contributed by atoms with Crippen molar-refractivity contribution in [3.05, 3.63) is 60.3 Å². The van der Waals surface area contributed by atoms with E-state index in [1.165, 1.54) is 0 Å². The molecule has 9 heteroatoms. The summed E-state index contributed by atoms with van der Waals surface area (Å²) < 4.78 is 27.7. The molecule has 33 heavy (non-hydrogen) atoms. The highest BCUT2D eigenvalue weighted by Gasteiger charge is 2.32. The highest BCUT2D eigenvalue weighted by Crippen LogP contribution is 2.26. The van der Waals surface area contributed by atoms with Gasteiger partial charge in [-0.05, 0) is 55.5 Å². The molecular weight excluding hydrogens is 440 g/mol. The Hall–Kier alpha value is -3.33. The number of sulfone groups is 1. The maximum absolute atomic E-state index is 12.9. The zero-order chi connectivity index (χ0) is 23.6. The van der Waals surface area contributed by atoms with Crippen molar-refractivity contribution < 1.29 is 18.0 Å². The first-order valence-corrected chi connectivity index (χ1v) is 12.5. The third-order valence-corrected chi connectivity index (χ3v) is 8.41. The van der Waals surface area contributed by atoms with Crippen LogP contribution in [0.5, 0.6) is 0 Å². The fourth-order valence-electron chi connectivity index (χ4n) is 4.13. The maximum atomic E-state index is 12.9. The quantitative estimate of drug-likeness (QED) is 0.601. The SMILES string of the molecule is CNC(=O)Cn1ccc2ccc(NC(=O)N3CCC(S(=O)(=O)c4ccc(C)cc4)CC3)cc21. The first kappa shape index (κ1) is 22.8. The van der Waals surface area contributed by atoms with Gasteiger partial charge in [-0.1, -0.05) is 23.8 Å². The second kappa shape index (κ2) is 9.27. The number of hydrogen-bond acceptors (Lipinski definition) is 4. The minimum absolute atomic E-state index is 0.106. The number of benzene rings is 2. The van der Waals surface area contributed by atoms with Crippen molar-refractivity contribution in [2.24, 2.45) is 0 Å². The summed E-state index contributed by atoms with van der Waals surface area (Å²) in [6.45, 7) is 2.86. The summed E-state index contributed by atoms with van der Waals surface area (Å²) in [5, 5.41) is 5.99. The predicted octanol–water partition coefficient (Wildman–Crippen LogP) is 3.17. The fourth-order valence-corrected chi connectivity index (χ4v) is 5.86. The lowest BCUT2D eigenvalue weighted by Gasteiger charge is -2.31. The Balaban J connectivity index is 1.40. The van der Waals surface area contributed by atoms with Gasteiger partial charge in [-0.15, -0.1) is 0 Å². The zero-order valence-electron chi connectivity index (χ0n) is 18.7. The van der Waals surface area contributed by atoms with Crippen LogP contribution in [0.2, 0.25) is 0 Å². The van der Waals surface area contributed by atoms with Gasteiger partial charge in [0.2, 0.25) is 5.91 Å². The van der Waals surface area contributed by atoms with Gasteiger partial charge in [-0.3, -0.25) is 4.79 Å². The van der Waals surface area contributed by atoms with Crippen LogP contribution in [0.3, 0.4) is 0 Å². The average Bonchev–Trinajstić information content (AvgIpc) is 3.21. The van der Waals surface area contributed by atoms with E-state index in [4.69, 9.17) is 0 Å². The molecule has 0 bridgehead atoms. The number of likely N-dealkylation sites (tertiary alicyclic amines) is 1. The molecule has 0 unspecified atom stereocenters. The molecular formula is C24H28N4O4S. The summed E-state index contributed by atoms with van der Waals surface area (Å²) in [6.07, 6.45) is 2.64. The van der Waals surface area contributed by atoms with Gasteiger partial charge in [0.1, 0.15) is 6.54 Å². The highest BCUT2D eigenvalue weighted by molar-refractivity contribution is 7.92. The molecule has 2 heterocycles. The van der Waals surface area contributed by atoms with Crippen molar-refractivity contribution >= 4 is 38.4 Å². The van der Waals surface area contributed by atoms with Crippen molar-refractivity contribution in [2.75, 3.05) is 25.5 Å². The van der Waals surface area contributed by atoms with E-state index in [0.29, 0.717) is 36.5 Å². The van der Waals surface area contributed by atoms with Gasteiger partial charge in [0, 0.05) is 32.0 Å². The number of aromatic nitrogens is 1. The Kier molecular flexibility index (Phi) is 6.42. The summed E-state index contributed by atoms with van der Waals surface area (Å²) in [5.41, 5.74) is 2.48. The molecule has 0 spiro atoms. The number of nitrogens with zero attached hydrogens (tertiary/aromatic N) is 2. The largest absolute Gasteiger partial charge is 0.358 e. The van der Waals surface area contributed by atoms with E-state index in [2.05, 4.69) is 10.6 Å². The Morgan fingerprint density at radius 3 is 2.39 bits per heavy atom. The molecule has 1 aliphatic rings. The Labute approximate surface area is 193 Å². The topological polar surface area (TPSA) is 101 Å². The number of rotatable bonds is 5. The van der Waals surface area contributed by atoms with Gasteiger partial charge in [0.05, 0.1) is 15.7 Å². The van der Waals surface area contributed by atoms with Crippen molar-refractivity contribution in [1.82, 2.24) is 14.8 Å². The minimum Gasteiger partial charge on any atom is -0.358 e. The molecule has 0 aliphatic carbocycles. The lowest BCUT2D eigenvalue weighted by atomic mass is 10.1. The standard InChI is InChI=1S/C24H28N4O4S/c1-17-3-7-20(8-4-17)33(31,32)21-10-13-27(14-11-21)24(30)26-19-6-5-18-9-12-28(22(18)15-19)16-23(29)25-2/h3-9,12,15,21H,10-11,13-14,16H2,1-2H3,(H,25,29)(H,26,30). The van der Waals surface area contributed by atoms with Crippen LogP contribution in [0.25, 0.3) is 10.9 Å². The third-order valence-electron chi connectivity index (χ3n) is 6.14. The Bertz CT molecular complexity index is 1270. The van der Waals surface area contributed by atoms with Crippen LogP contribution >= 0.6 is 0 Å². The number of hydrogen-bond donors (Lipinski definition) is 2. The number of carbonyl (C=O) groups is 2. The number of urea groups is 1. The normalized spacial score (nSPS) is 14.9. The van der Waals surface area contributed by atoms with Gasteiger partial charge < -0.3 is 20.1 Å². The summed E-state index contributed by atoms with van der Waals surface area (Å²) in [4.78, 5) is 26.5. The Morgan fingerprint density at radius 2 is 1.73 bits per heavy atom. The number of aryl methyl sites for hydroxylation is 1. The fraction of sp³-hybridized carbons (Fsp3) is 0.333. The second-order valence-corrected chi connectivity index (χ2v) is 10.6. The molecule has 4 rings (SSSR count). The number of amides is 3. The average molecular weight is 469 g/mol. The van der Waals surface area contributed by atoms with E-state index < -0.39 is 15.1 Å². The smallest absolute Gasteiger partial charge is 0.321 e. The number of carbonyl (C=O) groups excluding carboxylic acids is 2. The van der Waals surface area contributed by atoms with Crippen LogP contribution < -0.4 is 10.6 Å².